The SMILES string of the molecule is CSCC(=O)Cc1ccc(Br)cc1Cl. The molecule has 0 saturated heterocycles. The van der Waals surface area contributed by atoms with Crippen molar-refractivity contribution >= 4 is 45.1 Å². The van der Waals surface area contributed by atoms with E-state index in [4.69, 9.17) is 11.6 Å². The summed E-state index contributed by atoms with van der Waals surface area (Å²) in [5, 5.41) is 0.647. The van der Waals surface area contributed by atoms with Crippen LogP contribution in [-0.4, -0.2) is 17.8 Å². The molecule has 0 radical (unpaired) electrons. The lowest BCUT2D eigenvalue weighted by molar-refractivity contribution is -0.115. The third kappa shape index (κ3) is 3.64. The minimum atomic E-state index is 0.210. The summed E-state index contributed by atoms with van der Waals surface area (Å²) in [5.41, 5.74) is 0.897. The van der Waals surface area contributed by atoms with E-state index in [2.05, 4.69) is 15.9 Å². The Morgan fingerprint density at radius 1 is 1.57 bits per heavy atom. The Labute approximate surface area is 101 Å². The van der Waals surface area contributed by atoms with Gasteiger partial charge in [0.25, 0.3) is 0 Å². The van der Waals surface area contributed by atoms with Gasteiger partial charge in [0, 0.05) is 15.9 Å². The molecule has 14 heavy (non-hydrogen) atoms. The maximum atomic E-state index is 11.4. The van der Waals surface area contributed by atoms with Crippen molar-refractivity contribution in [2.45, 2.75) is 6.42 Å². The smallest absolute Gasteiger partial charge is 0.147 e. The molecule has 0 aromatic heterocycles. The zero-order chi connectivity index (χ0) is 10.6. The zero-order valence-electron chi connectivity index (χ0n) is 7.72. The van der Waals surface area contributed by atoms with Gasteiger partial charge in [-0.1, -0.05) is 33.6 Å². The summed E-state index contributed by atoms with van der Waals surface area (Å²) in [4.78, 5) is 11.4. The fourth-order valence-electron chi connectivity index (χ4n) is 1.09. The summed E-state index contributed by atoms with van der Waals surface area (Å²) in [6.07, 6.45) is 2.34. The highest BCUT2D eigenvalue weighted by atomic mass is 79.9. The highest BCUT2D eigenvalue weighted by Gasteiger charge is 2.06. The van der Waals surface area contributed by atoms with Crippen molar-refractivity contribution in [3.8, 4) is 0 Å². The number of hydrogen-bond donors (Lipinski definition) is 0. The van der Waals surface area contributed by atoms with E-state index in [0.29, 0.717) is 17.2 Å². The van der Waals surface area contributed by atoms with Gasteiger partial charge < -0.3 is 0 Å². The van der Waals surface area contributed by atoms with Crippen molar-refractivity contribution in [2.75, 3.05) is 12.0 Å². The Bertz CT molecular complexity index is 341. The zero-order valence-corrected chi connectivity index (χ0v) is 10.9. The molecule has 0 N–H and O–H groups in total. The van der Waals surface area contributed by atoms with E-state index in [1.807, 2.05) is 24.5 Å². The van der Waals surface area contributed by atoms with Gasteiger partial charge in [-0.2, -0.15) is 11.8 Å². The predicted octanol–water partition coefficient (Wildman–Crippen LogP) is 3.58. The van der Waals surface area contributed by atoms with Gasteiger partial charge in [-0.15, -0.1) is 0 Å². The van der Waals surface area contributed by atoms with E-state index < -0.39 is 0 Å². The highest BCUT2D eigenvalue weighted by molar-refractivity contribution is 9.10. The van der Waals surface area contributed by atoms with Crippen molar-refractivity contribution < 1.29 is 4.79 Å². The Kier molecular flexibility index (Phi) is 4.99. The largest absolute Gasteiger partial charge is 0.298 e. The lowest BCUT2D eigenvalue weighted by Gasteiger charge is -2.03. The molecule has 0 saturated carbocycles. The number of halogens is 2. The van der Waals surface area contributed by atoms with E-state index in [-0.39, 0.29) is 5.78 Å². The molecule has 1 rings (SSSR count). The summed E-state index contributed by atoms with van der Waals surface area (Å²) in [6, 6.07) is 5.58. The molecule has 0 amide bonds. The van der Waals surface area contributed by atoms with Crippen LogP contribution in [0.25, 0.3) is 0 Å². The first-order valence-electron chi connectivity index (χ1n) is 4.08. The Balaban J connectivity index is 2.72. The van der Waals surface area contributed by atoms with Crippen LogP contribution in [-0.2, 0) is 11.2 Å². The van der Waals surface area contributed by atoms with Crippen LogP contribution in [0.2, 0.25) is 5.02 Å². The molecule has 1 aromatic rings. The van der Waals surface area contributed by atoms with Gasteiger partial charge in [-0.3, -0.25) is 4.79 Å². The number of hydrogen-bond acceptors (Lipinski definition) is 2. The van der Waals surface area contributed by atoms with Crippen molar-refractivity contribution in [1.29, 1.82) is 0 Å². The number of ketones is 1. The molecule has 1 nitrogen and oxygen atoms in total. The van der Waals surface area contributed by atoms with Crippen LogP contribution in [0.1, 0.15) is 5.56 Å². The molecular formula is C10H10BrClOS. The Hall–Kier alpha value is 0.01000. The standard InChI is InChI=1S/C10H10BrClOS/c1-14-6-9(13)4-7-2-3-8(11)5-10(7)12/h2-3,5H,4,6H2,1H3. The molecule has 0 aliphatic heterocycles. The minimum Gasteiger partial charge on any atom is -0.298 e. The normalized spacial score (nSPS) is 10.2. The molecule has 4 heteroatoms. The van der Waals surface area contributed by atoms with Gasteiger partial charge in [0.2, 0.25) is 0 Å². The second-order valence-electron chi connectivity index (χ2n) is 2.88. The second kappa shape index (κ2) is 5.79. The van der Waals surface area contributed by atoms with Crippen molar-refractivity contribution in [3.63, 3.8) is 0 Å². The molecule has 0 heterocycles. The van der Waals surface area contributed by atoms with Crippen LogP contribution in [0.5, 0.6) is 0 Å². The van der Waals surface area contributed by atoms with Crippen LogP contribution in [0.4, 0.5) is 0 Å². The van der Waals surface area contributed by atoms with Crippen LogP contribution >= 0.6 is 39.3 Å². The molecule has 0 unspecified atom stereocenters. The molecule has 0 spiro atoms. The van der Waals surface area contributed by atoms with Crippen LogP contribution < -0.4 is 0 Å². The fraction of sp³-hybridized carbons (Fsp3) is 0.300. The molecule has 0 aliphatic rings. The first-order chi connectivity index (χ1) is 6.63. The molecule has 76 valence electrons. The predicted molar refractivity (Wildman–Crippen MR) is 66.2 cm³/mol. The Morgan fingerprint density at radius 2 is 2.29 bits per heavy atom. The van der Waals surface area contributed by atoms with E-state index in [9.17, 15) is 4.79 Å². The molecule has 0 fully saturated rings. The van der Waals surface area contributed by atoms with E-state index in [0.717, 1.165) is 10.0 Å². The van der Waals surface area contributed by atoms with Crippen LogP contribution in [0, 0.1) is 0 Å². The summed E-state index contributed by atoms with van der Waals surface area (Å²) in [7, 11) is 0. The molecule has 1 aromatic carbocycles. The summed E-state index contributed by atoms with van der Waals surface area (Å²) < 4.78 is 0.934. The van der Waals surface area contributed by atoms with E-state index in [1.54, 1.807) is 0 Å². The highest BCUT2D eigenvalue weighted by Crippen LogP contribution is 2.22. The summed E-state index contributed by atoms with van der Waals surface area (Å²) >= 11 is 10.8. The average Bonchev–Trinajstić information content (AvgIpc) is 2.10. The first-order valence-corrected chi connectivity index (χ1v) is 6.64. The monoisotopic (exact) mass is 292 g/mol. The van der Waals surface area contributed by atoms with Gasteiger partial charge >= 0.3 is 0 Å². The van der Waals surface area contributed by atoms with Crippen LogP contribution in [0.15, 0.2) is 22.7 Å². The van der Waals surface area contributed by atoms with Gasteiger partial charge in [0.1, 0.15) is 5.78 Å². The summed E-state index contributed by atoms with van der Waals surface area (Å²) in [6.45, 7) is 0. The number of thioether (sulfide) groups is 1. The number of carbonyl (C=O) groups excluding carboxylic acids is 1. The average molecular weight is 294 g/mol. The van der Waals surface area contributed by atoms with Crippen molar-refractivity contribution in [3.05, 3.63) is 33.3 Å². The van der Waals surface area contributed by atoms with Crippen LogP contribution in [0.3, 0.4) is 0 Å². The number of benzene rings is 1. The lowest BCUT2D eigenvalue weighted by Crippen LogP contribution is -2.05. The maximum absolute atomic E-state index is 11.4. The summed E-state index contributed by atoms with van der Waals surface area (Å²) in [5.74, 6) is 0.758. The molecule has 0 aliphatic carbocycles. The topological polar surface area (TPSA) is 17.1 Å². The number of Topliss-reactive ketones (excluding diaryl/α,β-unsaturated/α-hetero) is 1. The lowest BCUT2D eigenvalue weighted by atomic mass is 10.1. The van der Waals surface area contributed by atoms with Gasteiger partial charge in [-0.05, 0) is 24.0 Å². The fourth-order valence-corrected chi connectivity index (χ4v) is 2.25. The van der Waals surface area contributed by atoms with Crippen molar-refractivity contribution in [2.24, 2.45) is 0 Å². The quantitative estimate of drug-likeness (QED) is 0.844. The van der Waals surface area contributed by atoms with Gasteiger partial charge in [-0.25, -0.2) is 0 Å². The number of carbonyl (C=O) groups is 1. The molecular weight excluding hydrogens is 284 g/mol. The van der Waals surface area contributed by atoms with Gasteiger partial charge in [0.05, 0.1) is 5.75 Å². The second-order valence-corrected chi connectivity index (χ2v) is 5.07. The molecule has 0 atom stereocenters. The van der Waals surface area contributed by atoms with E-state index in [1.165, 1.54) is 11.8 Å². The first kappa shape index (κ1) is 12.1. The number of rotatable bonds is 4. The van der Waals surface area contributed by atoms with E-state index >= 15 is 0 Å². The third-order valence-corrected chi connectivity index (χ3v) is 3.16. The Morgan fingerprint density at radius 3 is 2.86 bits per heavy atom. The molecule has 0 bridgehead atoms. The van der Waals surface area contributed by atoms with Crippen molar-refractivity contribution in [1.82, 2.24) is 0 Å². The third-order valence-electron chi connectivity index (χ3n) is 1.71. The maximum Gasteiger partial charge on any atom is 0.147 e. The minimum absolute atomic E-state index is 0.210. The van der Waals surface area contributed by atoms with Gasteiger partial charge in [0.15, 0.2) is 0 Å².